The first-order chi connectivity index (χ1) is 13.2. The van der Waals surface area contributed by atoms with E-state index in [4.69, 9.17) is 0 Å². The smallest absolute Gasteiger partial charge is 0.272 e. The molecule has 1 aliphatic heterocycles. The van der Waals surface area contributed by atoms with Crippen LogP contribution in [0.5, 0.6) is 0 Å². The standard InChI is InChI=1S/C19H22N4O4S/c1-11(2)8-17(24)22-7-6-14-16(10-22)28-19(20-14)21-18(25)13-4-5-15(23(26)27)12(3)9-13/h4-5,9,11H,6-8,10H2,1-3H3,(H,20,21,25). The van der Waals surface area contributed by atoms with Crippen molar-refractivity contribution < 1.29 is 14.5 Å². The molecule has 2 aromatic rings. The highest BCUT2D eigenvalue weighted by molar-refractivity contribution is 7.15. The molecule has 0 atom stereocenters. The van der Waals surface area contributed by atoms with Crippen molar-refractivity contribution in [3.05, 3.63) is 50.0 Å². The van der Waals surface area contributed by atoms with Gasteiger partial charge in [0.25, 0.3) is 11.6 Å². The van der Waals surface area contributed by atoms with Crippen molar-refractivity contribution in [2.45, 2.75) is 40.2 Å². The van der Waals surface area contributed by atoms with Crippen LogP contribution < -0.4 is 5.32 Å². The van der Waals surface area contributed by atoms with Crippen molar-refractivity contribution in [1.82, 2.24) is 9.88 Å². The number of nitrogens with zero attached hydrogens (tertiary/aromatic N) is 3. The molecule has 0 aliphatic carbocycles. The third-order valence-corrected chi connectivity index (χ3v) is 5.54. The van der Waals surface area contributed by atoms with E-state index in [9.17, 15) is 19.7 Å². The van der Waals surface area contributed by atoms with Crippen molar-refractivity contribution in [3.63, 3.8) is 0 Å². The van der Waals surface area contributed by atoms with Crippen molar-refractivity contribution >= 4 is 34.0 Å². The van der Waals surface area contributed by atoms with E-state index in [1.54, 1.807) is 6.92 Å². The second kappa shape index (κ2) is 8.05. The number of carbonyl (C=O) groups excluding carboxylic acids is 2. The molecule has 1 aromatic heterocycles. The van der Waals surface area contributed by atoms with Gasteiger partial charge in [0.1, 0.15) is 0 Å². The molecule has 8 nitrogen and oxygen atoms in total. The van der Waals surface area contributed by atoms with Gasteiger partial charge in [-0.15, -0.1) is 0 Å². The Balaban J connectivity index is 1.69. The lowest BCUT2D eigenvalue weighted by Gasteiger charge is -2.26. The minimum absolute atomic E-state index is 0.0209. The van der Waals surface area contributed by atoms with E-state index < -0.39 is 4.92 Å². The maximum Gasteiger partial charge on any atom is 0.272 e. The molecular formula is C19H22N4O4S. The monoisotopic (exact) mass is 402 g/mol. The summed E-state index contributed by atoms with van der Waals surface area (Å²) in [6.45, 7) is 6.79. The van der Waals surface area contributed by atoms with E-state index in [-0.39, 0.29) is 17.5 Å². The van der Waals surface area contributed by atoms with E-state index in [2.05, 4.69) is 10.3 Å². The Kier molecular flexibility index (Phi) is 5.73. The van der Waals surface area contributed by atoms with E-state index in [0.29, 0.717) is 48.1 Å². The molecule has 1 aromatic carbocycles. The summed E-state index contributed by atoms with van der Waals surface area (Å²) in [5.41, 5.74) is 1.65. The normalized spacial score (nSPS) is 13.4. The number of rotatable bonds is 5. The molecule has 0 radical (unpaired) electrons. The van der Waals surface area contributed by atoms with Gasteiger partial charge < -0.3 is 4.90 Å². The average molecular weight is 402 g/mol. The Hall–Kier alpha value is -2.81. The predicted octanol–water partition coefficient (Wildman–Crippen LogP) is 3.54. The summed E-state index contributed by atoms with van der Waals surface area (Å²) < 4.78 is 0. The van der Waals surface area contributed by atoms with Crippen LogP contribution in [-0.2, 0) is 17.8 Å². The van der Waals surface area contributed by atoms with Crippen LogP contribution in [0, 0.1) is 23.0 Å². The summed E-state index contributed by atoms with van der Waals surface area (Å²) in [5, 5.41) is 14.1. The number of nitrogens with one attached hydrogen (secondary N) is 1. The van der Waals surface area contributed by atoms with Gasteiger partial charge >= 0.3 is 0 Å². The molecule has 0 unspecified atom stereocenters. The van der Waals surface area contributed by atoms with E-state index in [1.165, 1.54) is 29.5 Å². The number of fused-ring (bicyclic) bond motifs is 1. The predicted molar refractivity (Wildman–Crippen MR) is 106 cm³/mol. The first-order valence-electron chi connectivity index (χ1n) is 9.07. The number of thiazole rings is 1. The van der Waals surface area contributed by atoms with Gasteiger partial charge in [-0.05, 0) is 25.0 Å². The van der Waals surface area contributed by atoms with Crippen LogP contribution in [0.25, 0.3) is 0 Å². The third-order valence-electron chi connectivity index (χ3n) is 4.54. The molecule has 3 rings (SSSR count). The lowest BCUT2D eigenvalue weighted by molar-refractivity contribution is -0.385. The van der Waals surface area contributed by atoms with E-state index in [1.807, 2.05) is 18.7 Å². The van der Waals surface area contributed by atoms with Crippen molar-refractivity contribution in [1.29, 1.82) is 0 Å². The average Bonchev–Trinajstić information content (AvgIpc) is 3.01. The van der Waals surface area contributed by atoms with Crippen molar-refractivity contribution in [2.75, 3.05) is 11.9 Å². The molecule has 2 heterocycles. The molecular weight excluding hydrogens is 380 g/mol. The van der Waals surface area contributed by atoms with Crippen LogP contribution in [0.1, 0.15) is 46.8 Å². The van der Waals surface area contributed by atoms with Crippen molar-refractivity contribution in [2.24, 2.45) is 5.92 Å². The molecule has 1 N–H and O–H groups in total. The second-order valence-corrected chi connectivity index (χ2v) is 8.35. The maximum atomic E-state index is 12.5. The van der Waals surface area contributed by atoms with Crippen LogP contribution in [0.3, 0.4) is 0 Å². The zero-order chi connectivity index (χ0) is 20.4. The molecule has 1 aliphatic rings. The first kappa shape index (κ1) is 19.9. The molecule has 2 amide bonds. The van der Waals surface area contributed by atoms with Gasteiger partial charge in [0.2, 0.25) is 5.91 Å². The number of benzene rings is 1. The van der Waals surface area contributed by atoms with Gasteiger partial charge in [0, 0.05) is 41.5 Å². The quantitative estimate of drug-likeness (QED) is 0.608. The number of hydrogen-bond donors (Lipinski definition) is 1. The fourth-order valence-electron chi connectivity index (χ4n) is 3.11. The highest BCUT2D eigenvalue weighted by atomic mass is 32.1. The summed E-state index contributed by atoms with van der Waals surface area (Å²) >= 11 is 1.37. The third kappa shape index (κ3) is 4.36. The highest BCUT2D eigenvalue weighted by Gasteiger charge is 2.25. The number of amides is 2. The molecule has 148 valence electrons. The summed E-state index contributed by atoms with van der Waals surface area (Å²) in [7, 11) is 0. The molecule has 0 saturated carbocycles. The molecule has 0 saturated heterocycles. The van der Waals surface area contributed by atoms with E-state index >= 15 is 0 Å². The maximum absolute atomic E-state index is 12.5. The van der Waals surface area contributed by atoms with Gasteiger partial charge in [-0.3, -0.25) is 25.0 Å². The Morgan fingerprint density at radius 3 is 2.79 bits per heavy atom. The lowest BCUT2D eigenvalue weighted by atomic mass is 10.1. The van der Waals surface area contributed by atoms with Crippen molar-refractivity contribution in [3.8, 4) is 0 Å². The number of nitro groups is 1. The summed E-state index contributed by atoms with van der Waals surface area (Å²) in [4.78, 5) is 42.5. The molecule has 0 bridgehead atoms. The van der Waals surface area contributed by atoms with Gasteiger partial charge in [-0.25, -0.2) is 4.98 Å². The number of aryl methyl sites for hydroxylation is 1. The second-order valence-electron chi connectivity index (χ2n) is 7.26. The largest absolute Gasteiger partial charge is 0.337 e. The van der Waals surface area contributed by atoms with Crippen LogP contribution in [0.4, 0.5) is 10.8 Å². The first-order valence-corrected chi connectivity index (χ1v) is 9.89. The minimum atomic E-state index is -0.474. The fourth-order valence-corrected chi connectivity index (χ4v) is 4.13. The van der Waals surface area contributed by atoms with Gasteiger partial charge in [0.15, 0.2) is 5.13 Å². The number of anilines is 1. The Bertz CT molecular complexity index is 938. The fraction of sp³-hybridized carbons (Fsp3) is 0.421. The Labute approximate surface area is 166 Å². The zero-order valence-electron chi connectivity index (χ0n) is 16.0. The van der Waals surface area contributed by atoms with Gasteiger partial charge in [-0.2, -0.15) is 0 Å². The molecule has 9 heteroatoms. The summed E-state index contributed by atoms with van der Waals surface area (Å²) in [6.07, 6.45) is 1.19. The van der Waals surface area contributed by atoms with Gasteiger partial charge in [0.05, 0.1) is 17.2 Å². The number of hydrogen-bond acceptors (Lipinski definition) is 6. The van der Waals surface area contributed by atoms with Crippen LogP contribution in [0.2, 0.25) is 0 Å². The highest BCUT2D eigenvalue weighted by Crippen LogP contribution is 2.29. The molecule has 28 heavy (non-hydrogen) atoms. The van der Waals surface area contributed by atoms with E-state index in [0.717, 1.165) is 10.6 Å². The molecule has 0 fully saturated rings. The lowest BCUT2D eigenvalue weighted by Crippen LogP contribution is -2.36. The summed E-state index contributed by atoms with van der Waals surface area (Å²) in [6, 6.07) is 4.25. The molecule has 0 spiro atoms. The van der Waals surface area contributed by atoms with Crippen LogP contribution in [0.15, 0.2) is 18.2 Å². The van der Waals surface area contributed by atoms with Crippen LogP contribution in [-0.4, -0.2) is 33.2 Å². The topological polar surface area (TPSA) is 105 Å². The Morgan fingerprint density at radius 2 is 2.14 bits per heavy atom. The SMILES string of the molecule is Cc1cc(C(=O)Nc2nc3c(s2)CN(C(=O)CC(C)C)CC3)ccc1[N+](=O)[O-]. The number of nitro benzene ring substituents is 1. The summed E-state index contributed by atoms with van der Waals surface area (Å²) in [5.74, 6) is 0.0909. The Morgan fingerprint density at radius 1 is 1.39 bits per heavy atom. The zero-order valence-corrected chi connectivity index (χ0v) is 16.8. The number of carbonyl (C=O) groups is 2. The van der Waals surface area contributed by atoms with Gasteiger partial charge in [-0.1, -0.05) is 25.2 Å². The number of aromatic nitrogens is 1. The van der Waals surface area contributed by atoms with Crippen LogP contribution >= 0.6 is 11.3 Å². The minimum Gasteiger partial charge on any atom is -0.337 e.